The summed E-state index contributed by atoms with van der Waals surface area (Å²) in [5.74, 6) is -0.173. The van der Waals surface area contributed by atoms with Gasteiger partial charge in [-0.25, -0.2) is 0 Å². The first kappa shape index (κ1) is 19.0. The largest absolute Gasteiger partial charge is 0.396 e. The number of nitrogens with zero attached hydrogens (tertiary/aromatic N) is 3. The number of likely N-dealkylation sites (tertiary alicyclic amines) is 1. The van der Waals surface area contributed by atoms with Crippen LogP contribution >= 0.6 is 0 Å². The van der Waals surface area contributed by atoms with Gasteiger partial charge in [-0.3, -0.25) is 9.69 Å². The van der Waals surface area contributed by atoms with E-state index in [9.17, 15) is 10.1 Å². The Hall–Kier alpha value is -3.36. The van der Waals surface area contributed by atoms with Crippen LogP contribution in [0.1, 0.15) is 46.6 Å². The summed E-state index contributed by atoms with van der Waals surface area (Å²) >= 11 is 0. The van der Waals surface area contributed by atoms with Crippen molar-refractivity contribution in [1.29, 1.82) is 5.26 Å². The minimum atomic E-state index is -0.173. The van der Waals surface area contributed by atoms with Gasteiger partial charge < -0.3 is 10.3 Å². The van der Waals surface area contributed by atoms with Crippen molar-refractivity contribution in [2.45, 2.75) is 25.8 Å². The Bertz CT molecular complexity index is 1040. The predicted octanol–water partition coefficient (Wildman–Crippen LogP) is 4.15. The highest BCUT2D eigenvalue weighted by Gasteiger charge is 2.28. The summed E-state index contributed by atoms with van der Waals surface area (Å²) in [5.41, 5.74) is 9.63. The molecule has 0 aliphatic carbocycles. The van der Waals surface area contributed by atoms with E-state index in [0.717, 1.165) is 37.3 Å². The van der Waals surface area contributed by atoms with Crippen LogP contribution in [0.4, 0.5) is 5.69 Å². The van der Waals surface area contributed by atoms with E-state index in [1.807, 2.05) is 53.1 Å². The van der Waals surface area contributed by atoms with Crippen LogP contribution in [0.2, 0.25) is 0 Å². The van der Waals surface area contributed by atoms with E-state index in [4.69, 9.17) is 5.73 Å². The number of nitriles is 1. The number of para-hydroxylation sites is 1. The SMILES string of the molecule is N#Cc1c(N)c(C(=O)c2ccccc2)n(-c2ccccc2)c1CN1CCCCC1. The van der Waals surface area contributed by atoms with Gasteiger partial charge in [-0.1, -0.05) is 55.0 Å². The number of carbonyl (C=O) groups is 1. The van der Waals surface area contributed by atoms with Gasteiger partial charge in [0.05, 0.1) is 16.9 Å². The number of ketones is 1. The van der Waals surface area contributed by atoms with Gasteiger partial charge in [0.1, 0.15) is 11.8 Å². The molecule has 0 spiro atoms. The second-order valence-electron chi connectivity index (χ2n) is 7.40. The van der Waals surface area contributed by atoms with Crippen molar-refractivity contribution in [3.63, 3.8) is 0 Å². The predicted molar refractivity (Wildman–Crippen MR) is 114 cm³/mol. The van der Waals surface area contributed by atoms with E-state index >= 15 is 0 Å². The number of anilines is 1. The normalized spacial score (nSPS) is 14.4. The Morgan fingerprint density at radius 3 is 2.21 bits per heavy atom. The zero-order valence-electron chi connectivity index (χ0n) is 16.3. The first-order valence-corrected chi connectivity index (χ1v) is 10.0. The first-order chi connectivity index (χ1) is 14.2. The fraction of sp³-hybridized carbons (Fsp3) is 0.250. The monoisotopic (exact) mass is 384 g/mol. The average Bonchev–Trinajstić information content (AvgIpc) is 3.06. The van der Waals surface area contributed by atoms with Gasteiger partial charge in [0.2, 0.25) is 5.78 Å². The molecule has 1 fully saturated rings. The van der Waals surface area contributed by atoms with Crippen LogP contribution in [-0.2, 0) is 6.54 Å². The zero-order valence-corrected chi connectivity index (χ0v) is 16.3. The number of benzene rings is 2. The van der Waals surface area contributed by atoms with Crippen LogP contribution in [-0.4, -0.2) is 28.3 Å². The summed E-state index contributed by atoms with van der Waals surface area (Å²) < 4.78 is 1.89. The lowest BCUT2D eigenvalue weighted by atomic mass is 10.1. The van der Waals surface area contributed by atoms with Crippen LogP contribution < -0.4 is 5.73 Å². The number of carbonyl (C=O) groups excluding carboxylic acids is 1. The van der Waals surface area contributed by atoms with Crippen molar-refractivity contribution in [2.75, 3.05) is 18.8 Å². The van der Waals surface area contributed by atoms with E-state index in [1.54, 1.807) is 12.1 Å². The lowest BCUT2D eigenvalue weighted by molar-refractivity contribution is 0.103. The Morgan fingerprint density at radius 2 is 1.59 bits per heavy atom. The molecular weight excluding hydrogens is 360 g/mol. The smallest absolute Gasteiger partial charge is 0.211 e. The molecule has 1 aromatic heterocycles. The number of piperidine rings is 1. The van der Waals surface area contributed by atoms with Crippen molar-refractivity contribution in [1.82, 2.24) is 9.47 Å². The summed E-state index contributed by atoms with van der Waals surface area (Å²) in [6, 6.07) is 21.0. The van der Waals surface area contributed by atoms with E-state index < -0.39 is 0 Å². The maximum Gasteiger partial charge on any atom is 0.211 e. The molecule has 0 radical (unpaired) electrons. The van der Waals surface area contributed by atoms with Gasteiger partial charge in [0, 0.05) is 17.8 Å². The van der Waals surface area contributed by atoms with Crippen molar-refractivity contribution < 1.29 is 4.79 Å². The third-order valence-corrected chi connectivity index (χ3v) is 5.51. The Balaban J connectivity index is 1.90. The van der Waals surface area contributed by atoms with Gasteiger partial charge in [-0.2, -0.15) is 5.26 Å². The number of nitrogens with two attached hydrogens (primary N) is 1. The summed E-state index contributed by atoms with van der Waals surface area (Å²) in [5, 5.41) is 9.89. The number of hydrogen-bond acceptors (Lipinski definition) is 4. The maximum absolute atomic E-state index is 13.4. The average molecular weight is 384 g/mol. The Morgan fingerprint density at radius 1 is 0.966 bits per heavy atom. The molecule has 0 unspecified atom stereocenters. The number of nitrogen functional groups attached to an aromatic ring is 1. The first-order valence-electron chi connectivity index (χ1n) is 10.0. The van der Waals surface area contributed by atoms with Crippen LogP contribution in [0, 0.1) is 11.3 Å². The maximum atomic E-state index is 13.4. The fourth-order valence-corrected chi connectivity index (χ4v) is 4.06. The van der Waals surface area contributed by atoms with E-state index in [-0.39, 0.29) is 11.5 Å². The van der Waals surface area contributed by atoms with Gasteiger partial charge in [0.25, 0.3) is 0 Å². The molecule has 1 aliphatic rings. The van der Waals surface area contributed by atoms with Crippen molar-refractivity contribution in [2.24, 2.45) is 0 Å². The third-order valence-electron chi connectivity index (χ3n) is 5.51. The molecule has 5 nitrogen and oxygen atoms in total. The molecular formula is C24H24N4O. The number of hydrogen-bond donors (Lipinski definition) is 1. The summed E-state index contributed by atoms with van der Waals surface area (Å²) in [6.45, 7) is 2.59. The van der Waals surface area contributed by atoms with Gasteiger partial charge in [0.15, 0.2) is 0 Å². The molecule has 29 heavy (non-hydrogen) atoms. The summed E-state index contributed by atoms with van der Waals surface area (Å²) in [7, 11) is 0. The second-order valence-corrected chi connectivity index (χ2v) is 7.40. The van der Waals surface area contributed by atoms with E-state index in [2.05, 4.69) is 11.0 Å². The fourth-order valence-electron chi connectivity index (χ4n) is 4.06. The molecule has 3 aromatic rings. The highest BCUT2D eigenvalue weighted by atomic mass is 16.1. The number of aromatic nitrogens is 1. The molecule has 146 valence electrons. The number of rotatable bonds is 5. The van der Waals surface area contributed by atoms with Crippen LogP contribution in [0.25, 0.3) is 5.69 Å². The van der Waals surface area contributed by atoms with Crippen LogP contribution in [0.5, 0.6) is 0 Å². The summed E-state index contributed by atoms with van der Waals surface area (Å²) in [4.78, 5) is 15.8. The van der Waals surface area contributed by atoms with Crippen molar-refractivity contribution >= 4 is 11.5 Å². The standard InChI is InChI=1S/C24H24N4O/c25-16-20-21(17-27-14-8-3-9-15-27)28(19-12-6-2-7-13-19)23(22(20)26)24(29)18-10-4-1-5-11-18/h1-2,4-7,10-13H,3,8-9,14-15,17,26H2. The molecule has 2 N–H and O–H groups in total. The quantitative estimate of drug-likeness (QED) is 0.671. The highest BCUT2D eigenvalue weighted by Crippen LogP contribution is 2.32. The molecule has 4 rings (SSSR count). The van der Waals surface area contributed by atoms with Crippen LogP contribution in [0.15, 0.2) is 60.7 Å². The summed E-state index contributed by atoms with van der Waals surface area (Å²) in [6.07, 6.45) is 3.54. The molecule has 0 amide bonds. The molecule has 5 heteroatoms. The van der Waals surface area contributed by atoms with E-state index in [1.165, 1.54) is 6.42 Å². The molecule has 2 aromatic carbocycles. The molecule has 1 aliphatic heterocycles. The van der Waals surface area contributed by atoms with E-state index in [0.29, 0.717) is 23.4 Å². The van der Waals surface area contributed by atoms with Crippen molar-refractivity contribution in [3.8, 4) is 11.8 Å². The van der Waals surface area contributed by atoms with Gasteiger partial charge in [-0.05, 0) is 38.1 Å². The zero-order chi connectivity index (χ0) is 20.2. The highest BCUT2D eigenvalue weighted by molar-refractivity contribution is 6.12. The van der Waals surface area contributed by atoms with Crippen molar-refractivity contribution in [3.05, 3.63) is 83.2 Å². The Labute approximate surface area is 171 Å². The van der Waals surface area contributed by atoms with Gasteiger partial charge in [-0.15, -0.1) is 0 Å². The van der Waals surface area contributed by atoms with Gasteiger partial charge >= 0.3 is 0 Å². The Kier molecular flexibility index (Phi) is 5.46. The lowest BCUT2D eigenvalue weighted by Gasteiger charge is -2.27. The molecule has 0 saturated carbocycles. The molecule has 0 atom stereocenters. The molecule has 0 bridgehead atoms. The lowest BCUT2D eigenvalue weighted by Crippen LogP contribution is -2.30. The topological polar surface area (TPSA) is 75.0 Å². The minimum absolute atomic E-state index is 0.173. The minimum Gasteiger partial charge on any atom is -0.396 e. The third kappa shape index (κ3) is 3.67. The molecule has 1 saturated heterocycles. The molecule has 2 heterocycles. The second kappa shape index (κ2) is 8.34. The van der Waals surface area contributed by atoms with Crippen LogP contribution in [0.3, 0.4) is 0 Å².